The van der Waals surface area contributed by atoms with Gasteiger partial charge in [-0.05, 0) is 17.7 Å². The van der Waals surface area contributed by atoms with Crippen molar-refractivity contribution >= 4 is 40.7 Å². The van der Waals surface area contributed by atoms with E-state index < -0.39 is 31.1 Å². The number of nitrogen functional groups attached to an aromatic ring is 1. The quantitative estimate of drug-likeness (QED) is 0.253. The molecule has 1 aliphatic heterocycles. The summed E-state index contributed by atoms with van der Waals surface area (Å²) in [5.41, 5.74) is 7.95. The van der Waals surface area contributed by atoms with E-state index in [1.165, 1.54) is 26.7 Å². The summed E-state index contributed by atoms with van der Waals surface area (Å²) in [5.74, 6) is 0.146. The summed E-state index contributed by atoms with van der Waals surface area (Å²) in [6.45, 7) is -0.171. The molecule has 1 saturated heterocycles. The summed E-state index contributed by atoms with van der Waals surface area (Å²) >= 11 is 5.93. The molecule has 14 heteroatoms. The predicted octanol–water partition coefficient (Wildman–Crippen LogP) is 0.0221. The Labute approximate surface area is 203 Å². The fourth-order valence-electron chi connectivity index (χ4n) is 3.87. The third-order valence-electron chi connectivity index (χ3n) is 5.73. The minimum atomic E-state index is -1.32. The second-order valence-electron chi connectivity index (χ2n) is 7.96. The lowest BCUT2D eigenvalue weighted by Gasteiger charge is -2.16. The van der Waals surface area contributed by atoms with E-state index in [1.54, 1.807) is 18.3 Å². The minimum Gasteiger partial charge on any atom is -0.394 e. The number of ether oxygens (including phenoxy) is 1. The van der Waals surface area contributed by atoms with Crippen LogP contribution in [0.4, 0.5) is 11.5 Å². The molecular weight excluding hydrogens is 480 g/mol. The van der Waals surface area contributed by atoms with Crippen LogP contribution in [0.1, 0.15) is 11.8 Å². The van der Waals surface area contributed by atoms with Crippen molar-refractivity contribution in [1.29, 1.82) is 0 Å². The third-order valence-corrected chi connectivity index (χ3v) is 5.98. The van der Waals surface area contributed by atoms with Gasteiger partial charge in [-0.1, -0.05) is 23.7 Å². The first-order chi connectivity index (χ1) is 16.9. The van der Waals surface area contributed by atoms with E-state index in [2.05, 4.69) is 20.1 Å². The molecule has 1 aliphatic rings. The summed E-state index contributed by atoms with van der Waals surface area (Å²) in [4.78, 5) is 26.1. The summed E-state index contributed by atoms with van der Waals surface area (Å²) in [7, 11) is 0. The van der Waals surface area contributed by atoms with Crippen LogP contribution in [-0.2, 0) is 16.1 Å². The van der Waals surface area contributed by atoms with E-state index in [9.17, 15) is 20.1 Å². The number of amides is 1. The summed E-state index contributed by atoms with van der Waals surface area (Å²) in [6.07, 6.45) is 0.469. The number of carbonyl (C=O) groups excluding carboxylic acids is 1. The maximum absolute atomic E-state index is 11.7. The highest BCUT2D eigenvalue weighted by molar-refractivity contribution is 6.30. The fourth-order valence-corrected chi connectivity index (χ4v) is 4.00. The van der Waals surface area contributed by atoms with Crippen LogP contribution < -0.4 is 10.6 Å². The molecule has 0 saturated carbocycles. The van der Waals surface area contributed by atoms with E-state index >= 15 is 0 Å². The van der Waals surface area contributed by atoms with Crippen molar-refractivity contribution in [1.82, 2.24) is 29.3 Å². The first kappa shape index (κ1) is 23.1. The highest BCUT2D eigenvalue weighted by atomic mass is 35.5. The topological polar surface area (TPSA) is 178 Å². The Balaban J connectivity index is 1.46. The van der Waals surface area contributed by atoms with Gasteiger partial charge in [0.05, 0.1) is 37.6 Å². The Morgan fingerprint density at radius 3 is 2.66 bits per heavy atom. The SMILES string of the molecule is Nc1nc(-n2cc(N(C=O)Cc3ccc(Cl)cc3)cn2)nc2c1ncn2[C@@H]1O[C@H](CO)[C@@H](O)[C@H]1O. The maximum atomic E-state index is 11.7. The molecule has 3 aromatic heterocycles. The number of aliphatic hydroxyl groups excluding tert-OH is 3. The average molecular weight is 501 g/mol. The van der Waals surface area contributed by atoms with Gasteiger partial charge in [-0.25, -0.2) is 9.67 Å². The van der Waals surface area contributed by atoms with Crippen molar-refractivity contribution in [2.75, 3.05) is 17.2 Å². The van der Waals surface area contributed by atoms with Crippen LogP contribution >= 0.6 is 11.6 Å². The van der Waals surface area contributed by atoms with Crippen molar-refractivity contribution < 1.29 is 24.9 Å². The number of rotatable bonds is 7. The lowest BCUT2D eigenvalue weighted by molar-refractivity contribution is -0.107. The number of aromatic nitrogens is 6. The first-order valence-corrected chi connectivity index (χ1v) is 10.9. The van der Waals surface area contributed by atoms with Crippen LogP contribution in [0.25, 0.3) is 17.1 Å². The molecule has 5 N–H and O–H groups in total. The molecule has 0 spiro atoms. The van der Waals surface area contributed by atoms with Crippen LogP contribution in [-0.4, -0.2) is 75.9 Å². The van der Waals surface area contributed by atoms with Crippen molar-refractivity contribution in [2.45, 2.75) is 31.1 Å². The standard InChI is InChI=1S/C21H21ClN8O5/c22-12-3-1-11(2-4-12)6-28(10-32)13-5-25-30(7-13)21-26-18(23)15-19(27-21)29(9-24-15)20-17(34)16(33)14(8-31)35-20/h1-5,7,9-10,14,16-17,20,31,33-34H,6,8H2,(H2,23,26,27)/t14-,16-,17-,20-/m1/s1. The summed E-state index contributed by atoms with van der Waals surface area (Å²) < 4.78 is 8.33. The van der Waals surface area contributed by atoms with Crippen LogP contribution in [0.3, 0.4) is 0 Å². The molecule has 4 heterocycles. The van der Waals surface area contributed by atoms with Crippen LogP contribution in [0.15, 0.2) is 43.0 Å². The van der Waals surface area contributed by atoms with Gasteiger partial charge in [-0.2, -0.15) is 15.1 Å². The Morgan fingerprint density at radius 2 is 1.97 bits per heavy atom. The molecule has 0 aliphatic carbocycles. The molecule has 0 radical (unpaired) electrons. The van der Waals surface area contributed by atoms with Gasteiger partial charge in [0.1, 0.15) is 23.8 Å². The molecule has 4 atom stereocenters. The number of aliphatic hydroxyl groups is 3. The minimum absolute atomic E-state index is 0.0564. The van der Waals surface area contributed by atoms with Gasteiger partial charge < -0.3 is 30.7 Å². The van der Waals surface area contributed by atoms with Crippen LogP contribution in [0.5, 0.6) is 0 Å². The number of nitrogens with zero attached hydrogens (tertiary/aromatic N) is 7. The fraction of sp³-hybridized carbons (Fsp3) is 0.286. The zero-order valence-corrected chi connectivity index (χ0v) is 18.8. The number of hydrogen-bond acceptors (Lipinski definition) is 10. The molecule has 182 valence electrons. The van der Waals surface area contributed by atoms with Gasteiger partial charge in [0.25, 0.3) is 5.95 Å². The Kier molecular flexibility index (Phi) is 6.08. The van der Waals surface area contributed by atoms with Gasteiger partial charge in [-0.3, -0.25) is 9.36 Å². The number of anilines is 2. The van der Waals surface area contributed by atoms with Crippen molar-refractivity contribution in [3.63, 3.8) is 0 Å². The molecule has 0 bridgehead atoms. The molecule has 1 fully saturated rings. The summed E-state index contributed by atoms with van der Waals surface area (Å²) in [5, 5.41) is 34.7. The van der Waals surface area contributed by atoms with Gasteiger partial charge in [-0.15, -0.1) is 0 Å². The van der Waals surface area contributed by atoms with Crippen LogP contribution in [0.2, 0.25) is 5.02 Å². The van der Waals surface area contributed by atoms with Gasteiger partial charge in [0.15, 0.2) is 17.7 Å². The lowest BCUT2D eigenvalue weighted by Crippen LogP contribution is -2.33. The molecule has 35 heavy (non-hydrogen) atoms. The molecule has 1 amide bonds. The Hall–Kier alpha value is -3.62. The molecule has 0 unspecified atom stereocenters. The molecule has 4 aromatic rings. The van der Waals surface area contributed by atoms with Crippen LogP contribution in [0, 0.1) is 0 Å². The van der Waals surface area contributed by atoms with Gasteiger partial charge in [0, 0.05) is 5.02 Å². The second-order valence-corrected chi connectivity index (χ2v) is 8.40. The smallest absolute Gasteiger partial charge is 0.254 e. The highest BCUT2D eigenvalue weighted by Crippen LogP contribution is 2.32. The summed E-state index contributed by atoms with van der Waals surface area (Å²) in [6, 6.07) is 7.12. The van der Waals surface area contributed by atoms with E-state index in [0.29, 0.717) is 23.7 Å². The number of fused-ring (bicyclic) bond motifs is 1. The zero-order chi connectivity index (χ0) is 24.7. The molecule has 1 aromatic carbocycles. The number of nitrogens with two attached hydrogens (primary N) is 1. The number of imidazole rings is 1. The first-order valence-electron chi connectivity index (χ1n) is 10.5. The highest BCUT2D eigenvalue weighted by Gasteiger charge is 2.44. The monoisotopic (exact) mass is 500 g/mol. The van der Waals surface area contributed by atoms with E-state index in [4.69, 9.17) is 22.1 Å². The number of carbonyl (C=O) groups is 1. The van der Waals surface area contributed by atoms with E-state index in [-0.39, 0.29) is 22.9 Å². The zero-order valence-electron chi connectivity index (χ0n) is 18.1. The Morgan fingerprint density at radius 1 is 1.20 bits per heavy atom. The maximum Gasteiger partial charge on any atom is 0.254 e. The number of hydrogen-bond donors (Lipinski definition) is 4. The number of benzene rings is 1. The predicted molar refractivity (Wildman–Crippen MR) is 124 cm³/mol. The van der Waals surface area contributed by atoms with Crippen molar-refractivity contribution in [2.24, 2.45) is 0 Å². The van der Waals surface area contributed by atoms with Crippen molar-refractivity contribution in [3.8, 4) is 5.95 Å². The lowest BCUT2D eigenvalue weighted by atomic mass is 10.1. The van der Waals surface area contributed by atoms with Crippen molar-refractivity contribution in [3.05, 3.63) is 53.6 Å². The molecule has 13 nitrogen and oxygen atoms in total. The van der Waals surface area contributed by atoms with Gasteiger partial charge >= 0.3 is 0 Å². The third kappa shape index (κ3) is 4.19. The Bertz CT molecular complexity index is 1360. The normalized spacial score (nSPS) is 22.1. The second kappa shape index (κ2) is 9.20. The molecular formula is C21H21ClN8O5. The largest absolute Gasteiger partial charge is 0.394 e. The van der Waals surface area contributed by atoms with E-state index in [0.717, 1.165) is 5.56 Å². The van der Waals surface area contributed by atoms with Gasteiger partial charge in [0.2, 0.25) is 6.41 Å². The van der Waals surface area contributed by atoms with E-state index in [1.807, 2.05) is 12.1 Å². The average Bonchev–Trinajstić information content (AvgIpc) is 3.57. The number of halogens is 1. The molecule has 5 rings (SSSR count).